The van der Waals surface area contributed by atoms with Gasteiger partial charge in [-0.05, 0) is 26.0 Å². The minimum Gasteiger partial charge on any atom is -0.460 e. The Kier molecular flexibility index (Phi) is 4.06. The fraction of sp³-hybridized carbons (Fsp3) is 0.375. The molecule has 7 heteroatoms. The van der Waals surface area contributed by atoms with Gasteiger partial charge in [-0.25, -0.2) is 0 Å². The van der Waals surface area contributed by atoms with E-state index in [1.807, 2.05) is 32.3 Å². The molecule has 0 amide bonds. The fourth-order valence-electron chi connectivity index (χ4n) is 2.47. The molecule has 3 aromatic rings. The van der Waals surface area contributed by atoms with Crippen molar-refractivity contribution in [2.75, 3.05) is 6.54 Å². The number of furan rings is 1. The summed E-state index contributed by atoms with van der Waals surface area (Å²) < 4.78 is 7.31. The highest BCUT2D eigenvalue weighted by atomic mass is 16.3. The Labute approximate surface area is 134 Å². The fourth-order valence-corrected chi connectivity index (χ4v) is 2.47. The smallest absolute Gasteiger partial charge is 0.152 e. The van der Waals surface area contributed by atoms with E-state index in [2.05, 4.69) is 20.6 Å². The number of nitrogens with one attached hydrogen (secondary N) is 2. The van der Waals surface area contributed by atoms with Crippen LogP contribution in [0.4, 0.5) is 0 Å². The first-order valence-corrected chi connectivity index (χ1v) is 7.47. The van der Waals surface area contributed by atoms with Crippen LogP contribution in [-0.4, -0.2) is 31.6 Å². The molecule has 23 heavy (non-hydrogen) atoms. The van der Waals surface area contributed by atoms with E-state index >= 15 is 0 Å². The zero-order valence-electron chi connectivity index (χ0n) is 13.5. The van der Waals surface area contributed by atoms with Gasteiger partial charge in [0.2, 0.25) is 0 Å². The zero-order chi connectivity index (χ0) is 16.4. The molecule has 0 aliphatic carbocycles. The Hall–Kier alpha value is -2.38. The van der Waals surface area contributed by atoms with Gasteiger partial charge >= 0.3 is 0 Å². The summed E-state index contributed by atoms with van der Waals surface area (Å²) >= 11 is 0. The molecule has 0 saturated carbocycles. The van der Waals surface area contributed by atoms with Crippen LogP contribution < -0.4 is 5.32 Å². The van der Waals surface area contributed by atoms with Gasteiger partial charge in [0.25, 0.3) is 0 Å². The highest BCUT2D eigenvalue weighted by molar-refractivity contribution is 5.56. The minimum absolute atomic E-state index is 0.403. The van der Waals surface area contributed by atoms with Crippen molar-refractivity contribution >= 4 is 0 Å². The number of hydrogen-bond donors (Lipinski definition) is 3. The monoisotopic (exact) mass is 315 g/mol. The topological polar surface area (TPSA) is 91.9 Å². The van der Waals surface area contributed by atoms with Crippen LogP contribution in [0.2, 0.25) is 0 Å². The molecule has 122 valence electrons. The van der Waals surface area contributed by atoms with Crippen molar-refractivity contribution in [3.8, 4) is 11.5 Å². The normalized spacial score (nSPS) is 14.1. The van der Waals surface area contributed by atoms with Crippen LogP contribution in [0, 0.1) is 6.92 Å². The van der Waals surface area contributed by atoms with E-state index in [-0.39, 0.29) is 0 Å². The molecule has 3 aromatic heterocycles. The Morgan fingerprint density at radius 3 is 2.87 bits per heavy atom. The van der Waals surface area contributed by atoms with Crippen LogP contribution in [0.1, 0.15) is 23.8 Å². The molecular weight excluding hydrogens is 294 g/mol. The van der Waals surface area contributed by atoms with E-state index in [1.165, 1.54) is 0 Å². The number of hydrogen-bond acceptors (Lipinski definition) is 5. The highest BCUT2D eigenvalue weighted by Crippen LogP contribution is 2.24. The van der Waals surface area contributed by atoms with Gasteiger partial charge in [0.15, 0.2) is 5.76 Å². The third-order valence-corrected chi connectivity index (χ3v) is 3.82. The number of aliphatic hydroxyl groups is 1. The van der Waals surface area contributed by atoms with Gasteiger partial charge in [0.05, 0.1) is 12.4 Å². The number of aromatic nitrogens is 4. The summed E-state index contributed by atoms with van der Waals surface area (Å²) in [7, 11) is 1.83. The molecule has 3 heterocycles. The van der Waals surface area contributed by atoms with Crippen LogP contribution in [0.5, 0.6) is 0 Å². The first-order chi connectivity index (χ1) is 11.0. The Morgan fingerprint density at radius 2 is 2.22 bits per heavy atom. The lowest BCUT2D eigenvalue weighted by atomic mass is 9.99. The van der Waals surface area contributed by atoms with Crippen LogP contribution in [0.15, 0.2) is 35.1 Å². The maximum absolute atomic E-state index is 10.6. The average Bonchev–Trinajstić information content (AvgIpc) is 3.19. The SMILES string of the molecule is Cc1ccc(-c2[nH]ncc2CNCC(C)(O)c2cnn(C)c2)o1. The van der Waals surface area contributed by atoms with Crippen molar-refractivity contribution in [2.45, 2.75) is 26.0 Å². The number of aromatic amines is 1. The molecule has 3 N–H and O–H groups in total. The highest BCUT2D eigenvalue weighted by Gasteiger charge is 2.24. The molecular formula is C16H21N5O2. The number of rotatable bonds is 6. The van der Waals surface area contributed by atoms with Gasteiger partial charge < -0.3 is 14.8 Å². The first kappa shape index (κ1) is 15.5. The number of H-pyrrole nitrogens is 1. The second-order valence-electron chi connectivity index (χ2n) is 5.96. The summed E-state index contributed by atoms with van der Waals surface area (Å²) in [5.74, 6) is 1.61. The number of aryl methyl sites for hydroxylation is 2. The number of nitrogens with zero attached hydrogens (tertiary/aromatic N) is 3. The molecule has 0 fully saturated rings. The molecule has 0 aliphatic rings. The molecule has 1 unspecified atom stereocenters. The van der Waals surface area contributed by atoms with E-state index < -0.39 is 5.60 Å². The second kappa shape index (κ2) is 6.02. The van der Waals surface area contributed by atoms with E-state index in [9.17, 15) is 5.11 Å². The van der Waals surface area contributed by atoms with Gasteiger partial charge in [0.1, 0.15) is 17.1 Å². The molecule has 3 rings (SSSR count). The van der Waals surface area contributed by atoms with Crippen LogP contribution in [0.3, 0.4) is 0 Å². The van der Waals surface area contributed by atoms with E-state index in [0.717, 1.165) is 28.3 Å². The third-order valence-electron chi connectivity index (χ3n) is 3.82. The van der Waals surface area contributed by atoms with Gasteiger partial charge in [-0.3, -0.25) is 9.78 Å². The van der Waals surface area contributed by atoms with Gasteiger partial charge in [-0.1, -0.05) is 0 Å². The van der Waals surface area contributed by atoms with E-state index in [0.29, 0.717) is 13.1 Å². The van der Waals surface area contributed by atoms with Crippen LogP contribution in [-0.2, 0) is 19.2 Å². The standard InChI is InChI=1S/C16H21N5O2/c1-11-4-5-14(23-11)15-12(7-18-20-15)6-17-10-16(2,22)13-8-19-21(3)9-13/h4-5,7-9,17,22H,6,10H2,1-3H3,(H,18,20). The van der Waals surface area contributed by atoms with Crippen molar-refractivity contribution < 1.29 is 9.52 Å². The van der Waals surface area contributed by atoms with Gasteiger partial charge in [-0.15, -0.1) is 0 Å². The predicted molar refractivity (Wildman–Crippen MR) is 85.5 cm³/mol. The quantitative estimate of drug-likeness (QED) is 0.644. The molecule has 0 saturated heterocycles. The lowest BCUT2D eigenvalue weighted by Crippen LogP contribution is -2.34. The van der Waals surface area contributed by atoms with Gasteiger partial charge in [0, 0.05) is 37.5 Å². The molecule has 0 aliphatic heterocycles. The first-order valence-electron chi connectivity index (χ1n) is 7.47. The Morgan fingerprint density at radius 1 is 1.39 bits per heavy atom. The minimum atomic E-state index is -0.987. The average molecular weight is 315 g/mol. The molecule has 0 spiro atoms. The molecule has 0 aromatic carbocycles. The molecule has 7 nitrogen and oxygen atoms in total. The second-order valence-corrected chi connectivity index (χ2v) is 5.96. The molecule has 0 radical (unpaired) electrons. The summed E-state index contributed by atoms with van der Waals surface area (Å²) in [5, 5.41) is 25.0. The van der Waals surface area contributed by atoms with Crippen LogP contribution in [0.25, 0.3) is 11.5 Å². The van der Waals surface area contributed by atoms with Crippen LogP contribution >= 0.6 is 0 Å². The summed E-state index contributed by atoms with van der Waals surface area (Å²) in [6.45, 7) is 4.65. The largest absolute Gasteiger partial charge is 0.460 e. The maximum atomic E-state index is 10.6. The maximum Gasteiger partial charge on any atom is 0.152 e. The zero-order valence-corrected chi connectivity index (χ0v) is 13.5. The lowest BCUT2D eigenvalue weighted by Gasteiger charge is -2.22. The Bertz CT molecular complexity index is 784. The van der Waals surface area contributed by atoms with Crippen molar-refractivity contribution in [3.63, 3.8) is 0 Å². The molecule has 0 bridgehead atoms. The van der Waals surface area contributed by atoms with E-state index in [4.69, 9.17) is 4.42 Å². The summed E-state index contributed by atoms with van der Waals surface area (Å²) in [6, 6.07) is 3.83. The predicted octanol–water partition coefficient (Wildman–Crippen LogP) is 1.71. The van der Waals surface area contributed by atoms with Crippen molar-refractivity contribution in [1.82, 2.24) is 25.3 Å². The summed E-state index contributed by atoms with van der Waals surface area (Å²) in [6.07, 6.45) is 5.26. The lowest BCUT2D eigenvalue weighted by molar-refractivity contribution is 0.0566. The van der Waals surface area contributed by atoms with E-state index in [1.54, 1.807) is 24.0 Å². The van der Waals surface area contributed by atoms with Crippen molar-refractivity contribution in [1.29, 1.82) is 0 Å². The van der Waals surface area contributed by atoms with Gasteiger partial charge in [-0.2, -0.15) is 10.2 Å². The molecule has 1 atom stereocenters. The summed E-state index contributed by atoms with van der Waals surface area (Å²) in [5.41, 5.74) is 1.63. The van der Waals surface area contributed by atoms with Crippen molar-refractivity contribution in [3.05, 3.63) is 47.6 Å². The summed E-state index contributed by atoms with van der Waals surface area (Å²) in [4.78, 5) is 0. The third kappa shape index (κ3) is 3.35. The van der Waals surface area contributed by atoms with Crippen molar-refractivity contribution in [2.24, 2.45) is 7.05 Å². The Balaban J connectivity index is 1.64.